The Hall–Kier alpha value is -2.45. The van der Waals surface area contributed by atoms with Gasteiger partial charge in [-0.2, -0.15) is 0 Å². The zero-order chi connectivity index (χ0) is 15.5. The first-order valence-electron chi connectivity index (χ1n) is 7.00. The van der Waals surface area contributed by atoms with Crippen molar-refractivity contribution in [1.82, 2.24) is 14.5 Å². The highest BCUT2D eigenvalue weighted by atomic mass is 28.2. The van der Waals surface area contributed by atoms with Crippen molar-refractivity contribution in [3.63, 3.8) is 0 Å². The molecule has 0 aliphatic carbocycles. The summed E-state index contributed by atoms with van der Waals surface area (Å²) in [5.74, 6) is 3.46. The quantitative estimate of drug-likeness (QED) is 0.536. The van der Waals surface area contributed by atoms with Gasteiger partial charge in [0, 0.05) is 17.8 Å². The molecule has 0 saturated heterocycles. The summed E-state index contributed by atoms with van der Waals surface area (Å²) in [5.41, 5.74) is 5.36. The molecule has 0 bridgehead atoms. The molecule has 2 radical (unpaired) electrons. The van der Waals surface area contributed by atoms with Gasteiger partial charge in [0.15, 0.2) is 9.52 Å². The minimum Gasteiger partial charge on any atom is -0.271 e. The number of halogens is 1. The fourth-order valence-electron chi connectivity index (χ4n) is 2.14. The molecular formula is C17H14FN3Si. The smallest absolute Gasteiger partial charge is 0.235 e. The summed E-state index contributed by atoms with van der Waals surface area (Å²) in [4.78, 5) is 8.58. The van der Waals surface area contributed by atoms with Gasteiger partial charge in [-0.05, 0) is 35.9 Å². The van der Waals surface area contributed by atoms with Crippen LogP contribution in [0, 0.1) is 17.3 Å². The number of hydrogen-bond donors (Lipinski definition) is 0. The second-order valence-electron chi connectivity index (χ2n) is 5.17. The molecule has 3 nitrogen and oxygen atoms in total. The van der Waals surface area contributed by atoms with Crippen LogP contribution in [0.2, 0.25) is 5.54 Å². The lowest BCUT2D eigenvalue weighted by molar-refractivity contribution is 0.629. The summed E-state index contributed by atoms with van der Waals surface area (Å²) in [7, 11) is 0.563. The minimum atomic E-state index is -0.262. The monoisotopic (exact) mass is 307 g/mol. The molecule has 0 spiro atoms. The van der Waals surface area contributed by atoms with Gasteiger partial charge in [0.1, 0.15) is 5.82 Å². The lowest BCUT2D eigenvalue weighted by Gasteiger charge is -2.04. The van der Waals surface area contributed by atoms with E-state index < -0.39 is 0 Å². The van der Waals surface area contributed by atoms with Crippen LogP contribution in [0.15, 0.2) is 42.7 Å². The third-order valence-corrected chi connectivity index (χ3v) is 3.91. The topological polar surface area (TPSA) is 30.7 Å². The van der Waals surface area contributed by atoms with Crippen molar-refractivity contribution in [2.75, 3.05) is 0 Å². The summed E-state index contributed by atoms with van der Waals surface area (Å²) in [6, 6.07) is 8.32. The zero-order valence-corrected chi connectivity index (χ0v) is 13.3. The van der Waals surface area contributed by atoms with Crippen LogP contribution in [0.3, 0.4) is 0 Å². The van der Waals surface area contributed by atoms with E-state index in [-0.39, 0.29) is 5.82 Å². The third kappa shape index (κ3) is 2.92. The van der Waals surface area contributed by atoms with Crippen LogP contribution in [0.5, 0.6) is 0 Å². The predicted molar refractivity (Wildman–Crippen MR) is 86.6 cm³/mol. The number of aromatic nitrogens is 3. The average molecular weight is 307 g/mol. The Labute approximate surface area is 131 Å². The van der Waals surface area contributed by atoms with Crippen molar-refractivity contribution < 1.29 is 4.39 Å². The minimum absolute atomic E-state index is 0.262. The van der Waals surface area contributed by atoms with E-state index >= 15 is 0 Å². The zero-order valence-electron chi connectivity index (χ0n) is 12.3. The molecule has 0 unspecified atom stereocenters. The Morgan fingerprint density at radius 1 is 1.18 bits per heavy atom. The normalized spacial score (nSPS) is 10.7. The molecule has 0 aliphatic rings. The van der Waals surface area contributed by atoms with Gasteiger partial charge >= 0.3 is 0 Å². The van der Waals surface area contributed by atoms with Gasteiger partial charge in [-0.3, -0.25) is 4.57 Å². The van der Waals surface area contributed by atoms with Crippen molar-refractivity contribution in [3.05, 3.63) is 54.2 Å². The summed E-state index contributed by atoms with van der Waals surface area (Å²) >= 11 is 0. The molecule has 2 heterocycles. The Morgan fingerprint density at radius 2 is 1.95 bits per heavy atom. The van der Waals surface area contributed by atoms with Gasteiger partial charge in [0.2, 0.25) is 5.95 Å². The highest BCUT2D eigenvalue weighted by Crippen LogP contribution is 2.23. The molecular weight excluding hydrogens is 293 g/mol. The molecule has 0 amide bonds. The number of rotatable bonds is 2. The van der Waals surface area contributed by atoms with Crippen molar-refractivity contribution in [3.8, 4) is 17.4 Å². The second kappa shape index (κ2) is 6.12. The van der Waals surface area contributed by atoms with Crippen LogP contribution in [0.4, 0.5) is 4.39 Å². The van der Waals surface area contributed by atoms with E-state index in [1.54, 1.807) is 24.5 Å². The van der Waals surface area contributed by atoms with E-state index in [9.17, 15) is 4.39 Å². The molecule has 0 aliphatic heterocycles. The second-order valence-corrected chi connectivity index (χ2v) is 6.86. The first-order chi connectivity index (χ1) is 10.6. The highest BCUT2D eigenvalue weighted by molar-refractivity contribution is 6.47. The van der Waals surface area contributed by atoms with Gasteiger partial charge in [-0.25, -0.2) is 14.4 Å². The van der Waals surface area contributed by atoms with Gasteiger partial charge in [-0.1, -0.05) is 19.8 Å². The first kappa shape index (κ1) is 14.5. The highest BCUT2D eigenvalue weighted by Gasteiger charge is 2.11. The van der Waals surface area contributed by atoms with Crippen molar-refractivity contribution in [1.29, 1.82) is 0 Å². The van der Waals surface area contributed by atoms with Crippen LogP contribution in [-0.4, -0.2) is 24.1 Å². The van der Waals surface area contributed by atoms with Gasteiger partial charge in [-0.15, -0.1) is 5.54 Å². The number of hydrogen-bond acceptors (Lipinski definition) is 2. The molecule has 108 valence electrons. The summed E-state index contributed by atoms with van der Waals surface area (Å²) in [6.45, 7) is 4.27. The summed E-state index contributed by atoms with van der Waals surface area (Å²) in [5, 5.41) is 0.796. The van der Waals surface area contributed by atoms with E-state index in [1.165, 1.54) is 12.1 Å². The standard InChI is InChI=1S/C17H14FN3Si/c1-12(2)22-9-6-15-11-13-10-14(18)4-5-16(13)21(15)17-19-7-3-8-20-17/h3-5,7-8,10-12H,1-2H3. The Kier molecular flexibility index (Phi) is 4.03. The maximum atomic E-state index is 13.5. The van der Waals surface area contributed by atoms with Gasteiger partial charge in [0.05, 0.1) is 11.2 Å². The van der Waals surface area contributed by atoms with E-state index in [0.29, 0.717) is 21.0 Å². The Bertz CT molecular complexity index is 860. The molecule has 0 N–H and O–H groups in total. The molecule has 0 saturated carbocycles. The SMILES string of the molecule is CC(C)[Si]C#Cc1cc2cc(F)ccc2n1-c1ncccn1. The van der Waals surface area contributed by atoms with E-state index in [0.717, 1.165) is 16.6 Å². The van der Waals surface area contributed by atoms with Gasteiger partial charge < -0.3 is 0 Å². The summed E-state index contributed by atoms with van der Waals surface area (Å²) in [6.07, 6.45) is 3.37. The maximum Gasteiger partial charge on any atom is 0.235 e. The van der Waals surface area contributed by atoms with Crippen LogP contribution < -0.4 is 0 Å². The number of nitrogens with zero attached hydrogens (tertiary/aromatic N) is 3. The Balaban J connectivity index is 2.19. The molecule has 0 atom stereocenters. The molecule has 2 aromatic heterocycles. The molecule has 3 rings (SSSR count). The molecule has 22 heavy (non-hydrogen) atoms. The van der Waals surface area contributed by atoms with Gasteiger partial charge in [0.25, 0.3) is 0 Å². The lowest BCUT2D eigenvalue weighted by Crippen LogP contribution is -2.02. The van der Waals surface area contributed by atoms with E-state index in [4.69, 9.17) is 0 Å². The maximum absolute atomic E-state index is 13.5. The van der Waals surface area contributed by atoms with Crippen molar-refractivity contribution in [2.45, 2.75) is 19.4 Å². The molecule has 0 fully saturated rings. The van der Waals surface area contributed by atoms with Crippen molar-refractivity contribution >= 4 is 20.4 Å². The third-order valence-electron chi connectivity index (χ3n) is 3.07. The van der Waals surface area contributed by atoms with E-state index in [1.807, 2.05) is 10.6 Å². The van der Waals surface area contributed by atoms with Crippen LogP contribution in [-0.2, 0) is 0 Å². The molecule has 5 heteroatoms. The van der Waals surface area contributed by atoms with Crippen LogP contribution in [0.1, 0.15) is 19.5 Å². The number of fused-ring (bicyclic) bond motifs is 1. The largest absolute Gasteiger partial charge is 0.271 e. The molecule has 1 aromatic carbocycles. The fraction of sp³-hybridized carbons (Fsp3) is 0.176. The van der Waals surface area contributed by atoms with Crippen molar-refractivity contribution in [2.24, 2.45) is 0 Å². The fourth-order valence-corrected chi connectivity index (χ4v) is 2.63. The van der Waals surface area contributed by atoms with Crippen LogP contribution >= 0.6 is 0 Å². The van der Waals surface area contributed by atoms with Crippen LogP contribution in [0.25, 0.3) is 16.9 Å². The number of benzene rings is 1. The van der Waals surface area contributed by atoms with E-state index in [2.05, 4.69) is 35.3 Å². The Morgan fingerprint density at radius 3 is 2.68 bits per heavy atom. The first-order valence-corrected chi connectivity index (χ1v) is 8.08. The molecule has 3 aromatic rings. The predicted octanol–water partition coefficient (Wildman–Crippen LogP) is 3.40. The lowest BCUT2D eigenvalue weighted by atomic mass is 10.2. The average Bonchev–Trinajstić information content (AvgIpc) is 2.85. The summed E-state index contributed by atoms with van der Waals surface area (Å²) < 4.78 is 15.3.